The summed E-state index contributed by atoms with van der Waals surface area (Å²) in [5, 5.41) is 2.75. The molecule has 1 aliphatic heterocycles. The molecule has 0 saturated carbocycles. The Hall–Kier alpha value is -3.17. The van der Waals surface area contributed by atoms with E-state index in [1.54, 1.807) is 6.07 Å². The highest BCUT2D eigenvalue weighted by atomic mass is 32.2. The Morgan fingerprint density at radius 3 is 2.57 bits per heavy atom. The van der Waals surface area contributed by atoms with E-state index in [0.717, 1.165) is 18.4 Å². The molecule has 0 atom stereocenters. The van der Waals surface area contributed by atoms with E-state index in [0.29, 0.717) is 30.3 Å². The quantitative estimate of drug-likeness (QED) is 0.630. The van der Waals surface area contributed by atoms with Crippen molar-refractivity contribution in [1.29, 1.82) is 0 Å². The Kier molecular flexibility index (Phi) is 5.56. The van der Waals surface area contributed by atoms with Crippen LogP contribution in [0.15, 0.2) is 59.6 Å². The van der Waals surface area contributed by atoms with Crippen LogP contribution in [-0.4, -0.2) is 48.8 Å². The van der Waals surface area contributed by atoms with Gasteiger partial charge >= 0.3 is 0 Å². The molecule has 156 valence electrons. The smallest absolute Gasteiger partial charge is 0.273 e. The van der Waals surface area contributed by atoms with E-state index >= 15 is 0 Å². The summed E-state index contributed by atoms with van der Waals surface area (Å²) in [7, 11) is -2.22. The van der Waals surface area contributed by atoms with E-state index in [9.17, 15) is 13.2 Å². The van der Waals surface area contributed by atoms with Crippen molar-refractivity contribution in [3.05, 3.63) is 60.4 Å². The average molecular weight is 426 g/mol. The van der Waals surface area contributed by atoms with Crippen molar-refractivity contribution in [1.82, 2.24) is 14.3 Å². The number of hydrogen-bond acceptors (Lipinski definition) is 5. The first-order chi connectivity index (χ1) is 14.5. The number of aromatic nitrogens is 2. The first kappa shape index (κ1) is 20.1. The molecule has 3 aromatic rings. The van der Waals surface area contributed by atoms with Crippen LogP contribution in [0.5, 0.6) is 5.75 Å². The molecule has 4 rings (SSSR count). The van der Waals surface area contributed by atoms with Crippen molar-refractivity contribution >= 4 is 21.6 Å². The highest BCUT2D eigenvalue weighted by Gasteiger charge is 2.30. The molecule has 9 heteroatoms. The van der Waals surface area contributed by atoms with Gasteiger partial charge in [0.1, 0.15) is 22.2 Å². The molecule has 0 aliphatic carbocycles. The second kappa shape index (κ2) is 8.29. The molecule has 1 saturated heterocycles. The van der Waals surface area contributed by atoms with Crippen LogP contribution in [0.3, 0.4) is 0 Å². The fraction of sp³-hybridized carbons (Fsp3) is 0.238. The molecule has 2 N–H and O–H groups in total. The molecular weight excluding hydrogens is 404 g/mol. The number of hydrogen-bond donors (Lipinski definition) is 2. The minimum absolute atomic E-state index is 0.0952. The van der Waals surface area contributed by atoms with E-state index in [4.69, 9.17) is 4.74 Å². The first-order valence-electron chi connectivity index (χ1n) is 9.59. The maximum absolute atomic E-state index is 12.9. The number of aromatic amines is 1. The lowest BCUT2D eigenvalue weighted by atomic mass is 10.2. The van der Waals surface area contributed by atoms with E-state index in [-0.39, 0.29) is 16.6 Å². The monoisotopic (exact) mass is 426 g/mol. The molecule has 1 aliphatic rings. The zero-order valence-corrected chi connectivity index (χ0v) is 17.3. The van der Waals surface area contributed by atoms with Gasteiger partial charge in [0.15, 0.2) is 0 Å². The second-order valence-corrected chi connectivity index (χ2v) is 8.85. The van der Waals surface area contributed by atoms with Gasteiger partial charge in [0.25, 0.3) is 5.91 Å². The maximum atomic E-state index is 12.9. The fourth-order valence-corrected chi connectivity index (χ4v) is 5.06. The Morgan fingerprint density at radius 2 is 1.87 bits per heavy atom. The molecule has 2 heterocycles. The summed E-state index contributed by atoms with van der Waals surface area (Å²) >= 11 is 0. The third kappa shape index (κ3) is 3.94. The molecule has 0 unspecified atom stereocenters. The summed E-state index contributed by atoms with van der Waals surface area (Å²) in [6.07, 6.45) is 3.16. The van der Waals surface area contributed by atoms with Crippen molar-refractivity contribution in [2.75, 3.05) is 25.5 Å². The van der Waals surface area contributed by atoms with Crippen molar-refractivity contribution in [3.8, 4) is 17.1 Å². The third-order valence-electron chi connectivity index (χ3n) is 4.97. The van der Waals surface area contributed by atoms with Crippen LogP contribution in [0.2, 0.25) is 0 Å². The highest BCUT2D eigenvalue weighted by Crippen LogP contribution is 2.31. The zero-order chi connectivity index (χ0) is 21.1. The molecule has 30 heavy (non-hydrogen) atoms. The van der Waals surface area contributed by atoms with Crippen LogP contribution >= 0.6 is 0 Å². The minimum atomic E-state index is -3.63. The molecular formula is C21H22N4O4S. The van der Waals surface area contributed by atoms with Gasteiger partial charge in [-0.05, 0) is 25.0 Å². The van der Waals surface area contributed by atoms with Gasteiger partial charge < -0.3 is 15.0 Å². The average Bonchev–Trinajstić information content (AvgIpc) is 3.47. The number of nitrogens with one attached hydrogen (secondary N) is 2. The standard InChI is InChI=1S/C21H22N4O4S/c1-29-18-13-16(9-10-19(18)30(27,28)25-11-5-6-12-25)23-21(26)17-14-22-20(24-17)15-7-3-2-4-8-15/h2-4,7-10,13-14H,5-6,11-12H2,1H3,(H,22,24)(H,23,26). The number of ether oxygens (including phenoxy) is 1. The first-order valence-corrected chi connectivity index (χ1v) is 11.0. The van der Waals surface area contributed by atoms with Crippen LogP contribution < -0.4 is 10.1 Å². The van der Waals surface area contributed by atoms with E-state index in [1.165, 1.54) is 29.7 Å². The van der Waals surface area contributed by atoms with Crippen molar-refractivity contribution < 1.29 is 17.9 Å². The van der Waals surface area contributed by atoms with Gasteiger partial charge in [-0.2, -0.15) is 4.31 Å². The van der Waals surface area contributed by atoms with Crippen LogP contribution in [0, 0.1) is 0 Å². The van der Waals surface area contributed by atoms with Gasteiger partial charge in [-0.25, -0.2) is 13.4 Å². The number of nitrogens with zero attached hydrogens (tertiary/aromatic N) is 2. The van der Waals surface area contributed by atoms with Crippen molar-refractivity contribution in [2.24, 2.45) is 0 Å². The largest absolute Gasteiger partial charge is 0.495 e. The van der Waals surface area contributed by atoms with Crippen LogP contribution in [0.25, 0.3) is 11.4 Å². The number of methoxy groups -OCH3 is 1. The van der Waals surface area contributed by atoms with Gasteiger partial charge in [0.2, 0.25) is 10.0 Å². The number of amides is 1. The summed E-state index contributed by atoms with van der Waals surface area (Å²) in [6, 6.07) is 14.0. The highest BCUT2D eigenvalue weighted by molar-refractivity contribution is 7.89. The lowest BCUT2D eigenvalue weighted by molar-refractivity contribution is 0.102. The molecule has 0 radical (unpaired) electrons. The maximum Gasteiger partial charge on any atom is 0.273 e. The molecule has 0 spiro atoms. The predicted molar refractivity (Wildman–Crippen MR) is 113 cm³/mol. The Bertz CT molecular complexity index is 1150. The number of anilines is 1. The number of imidazole rings is 1. The SMILES string of the molecule is COc1cc(NC(=O)c2cnc(-c3ccccc3)[nH]2)ccc1S(=O)(=O)N1CCCC1. The lowest BCUT2D eigenvalue weighted by Gasteiger charge is -2.18. The molecule has 1 fully saturated rings. The Morgan fingerprint density at radius 1 is 1.13 bits per heavy atom. The Labute approximate surface area is 175 Å². The number of benzene rings is 2. The molecule has 0 bridgehead atoms. The number of H-pyrrole nitrogens is 1. The summed E-state index contributed by atoms with van der Waals surface area (Å²) in [5.41, 5.74) is 1.59. The van der Waals surface area contributed by atoms with Gasteiger partial charge in [-0.15, -0.1) is 0 Å². The molecule has 8 nitrogen and oxygen atoms in total. The topological polar surface area (TPSA) is 104 Å². The second-order valence-electron chi connectivity index (χ2n) is 6.94. The van der Waals surface area contributed by atoms with Gasteiger partial charge in [-0.1, -0.05) is 30.3 Å². The predicted octanol–water partition coefficient (Wildman–Crippen LogP) is 3.12. The van der Waals surface area contributed by atoms with E-state index in [2.05, 4.69) is 15.3 Å². The molecule has 1 aromatic heterocycles. The number of carbonyl (C=O) groups excluding carboxylic acids is 1. The van der Waals surface area contributed by atoms with Crippen LogP contribution in [0.1, 0.15) is 23.3 Å². The summed E-state index contributed by atoms with van der Waals surface area (Å²) in [4.78, 5) is 19.9. The summed E-state index contributed by atoms with van der Waals surface area (Å²) in [5.74, 6) is 0.390. The number of rotatable bonds is 6. The summed E-state index contributed by atoms with van der Waals surface area (Å²) in [6.45, 7) is 1.01. The normalized spacial score (nSPS) is 14.6. The van der Waals surface area contributed by atoms with Crippen molar-refractivity contribution in [3.63, 3.8) is 0 Å². The molecule has 2 aromatic carbocycles. The summed E-state index contributed by atoms with van der Waals surface area (Å²) < 4.78 is 32.5. The zero-order valence-electron chi connectivity index (χ0n) is 16.5. The third-order valence-corrected chi connectivity index (χ3v) is 6.91. The van der Waals surface area contributed by atoms with Gasteiger partial charge in [0.05, 0.1) is 13.3 Å². The molecule has 1 amide bonds. The van der Waals surface area contributed by atoms with Gasteiger partial charge in [-0.3, -0.25) is 4.79 Å². The Balaban J connectivity index is 1.54. The van der Waals surface area contributed by atoms with E-state index < -0.39 is 10.0 Å². The lowest BCUT2D eigenvalue weighted by Crippen LogP contribution is -2.28. The number of sulfonamides is 1. The van der Waals surface area contributed by atoms with Crippen LogP contribution in [0.4, 0.5) is 5.69 Å². The minimum Gasteiger partial charge on any atom is -0.495 e. The fourth-order valence-electron chi connectivity index (χ4n) is 3.40. The van der Waals surface area contributed by atoms with Crippen LogP contribution in [-0.2, 0) is 10.0 Å². The van der Waals surface area contributed by atoms with E-state index in [1.807, 2.05) is 30.3 Å². The van der Waals surface area contributed by atoms with Gasteiger partial charge in [0, 0.05) is 30.4 Å². The number of carbonyl (C=O) groups is 1. The van der Waals surface area contributed by atoms with Crippen molar-refractivity contribution in [2.45, 2.75) is 17.7 Å².